The molecule has 0 radical (unpaired) electrons. The van der Waals surface area contributed by atoms with Gasteiger partial charge in [-0.15, -0.1) is 16.1 Å². The molecule has 0 amide bonds. The maximum Gasteiger partial charge on any atom is 0.523 e. The Hall–Kier alpha value is -0.180. The van der Waals surface area contributed by atoms with Gasteiger partial charge in [0.05, 0.1) is 5.88 Å². The van der Waals surface area contributed by atoms with Crippen LogP contribution in [0.2, 0.25) is 0 Å². The molecule has 0 aliphatic rings. The molecule has 0 saturated carbocycles. The second-order valence-corrected chi connectivity index (χ2v) is 3.90. The van der Waals surface area contributed by atoms with Crippen LogP contribution >= 0.6 is 19.6 Å². The smallest absolute Gasteiger partial charge is 0.478 e. The third-order valence-corrected chi connectivity index (χ3v) is 2.91. The van der Waals surface area contributed by atoms with Crippen molar-refractivity contribution < 1.29 is 19.0 Å². The fourth-order valence-corrected chi connectivity index (χ4v) is 1.74. The van der Waals surface area contributed by atoms with E-state index in [0.717, 1.165) is 0 Å². The average Bonchev–Trinajstić information content (AvgIpc) is 2.01. The zero-order chi connectivity index (χ0) is 9.56. The largest absolute Gasteiger partial charge is 0.523 e. The molecule has 0 aliphatic carbocycles. The molecular formula is C6H11ClO4P+. The first kappa shape index (κ1) is 11.8. The number of rotatable bonds is 6. The Morgan fingerprint density at radius 2 is 2.33 bits per heavy atom. The summed E-state index contributed by atoms with van der Waals surface area (Å²) < 4.78 is 15.8. The summed E-state index contributed by atoms with van der Waals surface area (Å²) in [6, 6.07) is 0. The summed E-state index contributed by atoms with van der Waals surface area (Å²) in [6.45, 7) is 1.77. The molecule has 0 aromatic heterocycles. The topological polar surface area (TPSA) is 63.6 Å². The van der Waals surface area contributed by atoms with Gasteiger partial charge in [-0.25, -0.2) is 4.79 Å². The Balaban J connectivity index is 3.95. The van der Waals surface area contributed by atoms with Crippen LogP contribution in [0.1, 0.15) is 13.3 Å². The van der Waals surface area contributed by atoms with Crippen LogP contribution in [0.15, 0.2) is 0 Å². The molecule has 4 nitrogen and oxygen atoms in total. The van der Waals surface area contributed by atoms with Crippen molar-refractivity contribution in [3.8, 4) is 0 Å². The lowest BCUT2D eigenvalue weighted by Gasteiger charge is -1.95. The van der Waals surface area contributed by atoms with E-state index in [1.54, 1.807) is 6.92 Å². The molecule has 0 heterocycles. The molecule has 0 spiro atoms. The van der Waals surface area contributed by atoms with Gasteiger partial charge in [0.25, 0.3) is 5.66 Å². The first-order chi connectivity index (χ1) is 5.63. The van der Waals surface area contributed by atoms with Gasteiger partial charge in [0.2, 0.25) is 0 Å². The third-order valence-electron chi connectivity index (χ3n) is 1.22. The highest BCUT2D eigenvalue weighted by Gasteiger charge is 2.37. The molecule has 2 unspecified atom stereocenters. The van der Waals surface area contributed by atoms with E-state index in [1.807, 2.05) is 0 Å². The molecule has 0 bridgehead atoms. The highest BCUT2D eigenvalue weighted by Crippen LogP contribution is 2.31. The van der Waals surface area contributed by atoms with Gasteiger partial charge in [-0.05, 0) is 4.57 Å². The van der Waals surface area contributed by atoms with Gasteiger partial charge in [-0.2, -0.15) is 0 Å². The molecule has 6 heteroatoms. The minimum absolute atomic E-state index is 0.126. The fourth-order valence-electron chi connectivity index (χ4n) is 0.628. The van der Waals surface area contributed by atoms with Crippen molar-refractivity contribution >= 4 is 25.6 Å². The number of hydrogen-bond donors (Lipinski definition) is 1. The first-order valence-electron chi connectivity index (χ1n) is 3.51. The number of hydrogen-bond acceptors (Lipinski definition) is 3. The van der Waals surface area contributed by atoms with Crippen molar-refractivity contribution in [3.63, 3.8) is 0 Å². The highest BCUT2D eigenvalue weighted by atomic mass is 35.5. The Kier molecular flexibility index (Phi) is 6.25. The van der Waals surface area contributed by atoms with Crippen LogP contribution in [-0.2, 0) is 13.9 Å². The molecule has 0 fully saturated rings. The number of carboxylic acids is 1. The predicted octanol–water partition coefficient (Wildman–Crippen LogP) is 1.85. The maximum atomic E-state index is 11.1. The molecule has 12 heavy (non-hydrogen) atoms. The van der Waals surface area contributed by atoms with Crippen LogP contribution in [0.4, 0.5) is 0 Å². The van der Waals surface area contributed by atoms with Gasteiger partial charge in [0.1, 0.15) is 6.61 Å². The molecule has 0 rings (SSSR count). The molecule has 0 aromatic rings. The van der Waals surface area contributed by atoms with E-state index in [0.29, 0.717) is 6.42 Å². The van der Waals surface area contributed by atoms with E-state index in [4.69, 9.17) is 21.2 Å². The summed E-state index contributed by atoms with van der Waals surface area (Å²) >= 11 is 5.27. The number of aliphatic carboxylic acids is 1. The van der Waals surface area contributed by atoms with E-state index < -0.39 is 19.7 Å². The summed E-state index contributed by atoms with van der Waals surface area (Å²) in [6.07, 6.45) is 0.298. The fraction of sp³-hybridized carbons (Fsp3) is 0.833. The van der Waals surface area contributed by atoms with Crippen LogP contribution in [0.5, 0.6) is 0 Å². The normalized spacial score (nSPS) is 14.0. The second-order valence-electron chi connectivity index (χ2n) is 2.07. The van der Waals surface area contributed by atoms with Crippen molar-refractivity contribution in [2.45, 2.75) is 19.0 Å². The molecule has 0 aliphatic heterocycles. The van der Waals surface area contributed by atoms with Crippen molar-refractivity contribution in [1.29, 1.82) is 0 Å². The average molecular weight is 214 g/mol. The van der Waals surface area contributed by atoms with Crippen LogP contribution in [0.25, 0.3) is 0 Å². The minimum Gasteiger partial charge on any atom is -0.478 e. The number of halogens is 1. The van der Waals surface area contributed by atoms with Crippen LogP contribution < -0.4 is 0 Å². The maximum absolute atomic E-state index is 11.1. The zero-order valence-corrected chi connectivity index (χ0v) is 8.35. The van der Waals surface area contributed by atoms with Crippen molar-refractivity contribution in [2.24, 2.45) is 0 Å². The Bertz CT molecular complexity index is 173. The molecular weight excluding hydrogens is 202 g/mol. The molecule has 1 N–H and O–H groups in total. The molecule has 0 aromatic carbocycles. The summed E-state index contributed by atoms with van der Waals surface area (Å²) in [4.78, 5) is 10.4. The quantitative estimate of drug-likeness (QED) is 0.540. The summed E-state index contributed by atoms with van der Waals surface area (Å²) in [5.41, 5.74) is -0.914. The standard InChI is InChI=1S/C6H10ClO4P/c1-2-5(6(8)9)12(10)11-4-3-7/h5H,2-4H2,1H3/p+1. The minimum atomic E-state index is -2.12. The van der Waals surface area contributed by atoms with E-state index in [9.17, 15) is 9.36 Å². The second kappa shape index (κ2) is 6.35. The van der Waals surface area contributed by atoms with Crippen LogP contribution in [0, 0.1) is 0 Å². The summed E-state index contributed by atoms with van der Waals surface area (Å²) in [5, 5.41) is 8.55. The first-order valence-corrected chi connectivity index (χ1v) is 5.29. The van der Waals surface area contributed by atoms with E-state index >= 15 is 0 Å². The molecule has 70 valence electrons. The lowest BCUT2D eigenvalue weighted by atomic mass is 10.3. The lowest BCUT2D eigenvalue weighted by Crippen LogP contribution is -2.15. The van der Waals surface area contributed by atoms with Gasteiger partial charge in [-0.3, -0.25) is 0 Å². The van der Waals surface area contributed by atoms with Gasteiger partial charge < -0.3 is 5.11 Å². The Morgan fingerprint density at radius 3 is 2.67 bits per heavy atom. The third kappa shape index (κ3) is 4.00. The molecule has 2 atom stereocenters. The van der Waals surface area contributed by atoms with Crippen LogP contribution in [-0.4, -0.2) is 29.2 Å². The van der Waals surface area contributed by atoms with Crippen molar-refractivity contribution in [2.75, 3.05) is 12.5 Å². The van der Waals surface area contributed by atoms with Crippen molar-refractivity contribution in [1.82, 2.24) is 0 Å². The Morgan fingerprint density at radius 1 is 1.75 bits per heavy atom. The lowest BCUT2D eigenvalue weighted by molar-refractivity contribution is -0.136. The highest BCUT2D eigenvalue weighted by molar-refractivity contribution is 7.41. The zero-order valence-electron chi connectivity index (χ0n) is 6.70. The van der Waals surface area contributed by atoms with Crippen LogP contribution in [0.3, 0.4) is 0 Å². The monoisotopic (exact) mass is 213 g/mol. The van der Waals surface area contributed by atoms with E-state index in [2.05, 4.69) is 0 Å². The summed E-state index contributed by atoms with van der Waals surface area (Å²) in [5.74, 6) is -0.870. The van der Waals surface area contributed by atoms with Gasteiger partial charge in [0.15, 0.2) is 0 Å². The predicted molar refractivity (Wildman–Crippen MR) is 46.0 cm³/mol. The number of alkyl halides is 1. The SMILES string of the molecule is CCC(C(=O)O)[P+](=O)OCCCl. The van der Waals surface area contributed by atoms with Gasteiger partial charge >= 0.3 is 14.0 Å². The van der Waals surface area contributed by atoms with Crippen molar-refractivity contribution in [3.05, 3.63) is 0 Å². The Labute approximate surface area is 76.7 Å². The van der Waals surface area contributed by atoms with E-state index in [1.165, 1.54) is 0 Å². The van der Waals surface area contributed by atoms with Gasteiger partial charge in [-0.1, -0.05) is 6.92 Å². The van der Waals surface area contributed by atoms with Gasteiger partial charge in [0, 0.05) is 6.42 Å². The summed E-state index contributed by atoms with van der Waals surface area (Å²) in [7, 11) is -2.12. The number of carbonyl (C=O) groups is 1. The number of carboxylic acid groups (broad SMARTS) is 1. The van der Waals surface area contributed by atoms with E-state index in [-0.39, 0.29) is 12.5 Å². The molecule has 0 saturated heterocycles.